The minimum absolute atomic E-state index is 0.694. The number of rotatable bonds is 6. The van der Waals surface area contributed by atoms with E-state index in [1.165, 1.54) is 11.1 Å². The molecule has 0 atom stereocenters. The Kier molecular flexibility index (Phi) is 6.13. The van der Waals surface area contributed by atoms with Crippen LogP contribution in [0.15, 0.2) is 53.8 Å². The first kappa shape index (κ1) is 16.8. The third-order valence-corrected chi connectivity index (χ3v) is 4.89. The lowest BCUT2D eigenvalue weighted by atomic mass is 10.2. The van der Waals surface area contributed by atoms with Crippen molar-refractivity contribution in [3.05, 3.63) is 59.9 Å². The number of hydrogen-bond donors (Lipinski definition) is 0. The second kappa shape index (κ2) is 8.73. The van der Waals surface area contributed by atoms with Crippen LogP contribution < -0.4 is 4.74 Å². The molecule has 0 bridgehead atoms. The van der Waals surface area contributed by atoms with Crippen molar-refractivity contribution in [3.63, 3.8) is 0 Å². The van der Waals surface area contributed by atoms with Crippen LogP contribution in [0.5, 0.6) is 5.75 Å². The van der Waals surface area contributed by atoms with Crippen LogP contribution in [0.2, 0.25) is 0 Å². The van der Waals surface area contributed by atoms with E-state index in [4.69, 9.17) is 9.73 Å². The normalized spacial score (nSPS) is 14.1. The fourth-order valence-electron chi connectivity index (χ4n) is 2.62. The van der Waals surface area contributed by atoms with E-state index in [2.05, 4.69) is 28.1 Å². The summed E-state index contributed by atoms with van der Waals surface area (Å²) in [6, 6.07) is 12.4. The molecule has 1 aliphatic heterocycles. The second-order valence-corrected chi connectivity index (χ2v) is 6.72. The number of aliphatic imine (C=N–C) groups is 1. The Labute approximate surface area is 148 Å². The molecular formula is C19H23N3OS. The molecule has 1 aliphatic rings. The molecule has 0 spiro atoms. The lowest BCUT2D eigenvalue weighted by Gasteiger charge is -2.27. The van der Waals surface area contributed by atoms with Crippen LogP contribution in [-0.2, 0) is 13.1 Å². The van der Waals surface area contributed by atoms with Crippen molar-refractivity contribution < 1.29 is 4.74 Å². The molecule has 24 heavy (non-hydrogen) atoms. The van der Waals surface area contributed by atoms with E-state index in [-0.39, 0.29) is 0 Å². The van der Waals surface area contributed by atoms with Crippen LogP contribution in [0.4, 0.5) is 0 Å². The average Bonchev–Trinajstić information content (AvgIpc) is 2.65. The fourth-order valence-corrected chi connectivity index (χ4v) is 3.57. The molecule has 0 fully saturated rings. The van der Waals surface area contributed by atoms with Gasteiger partial charge in [-0.05, 0) is 42.7 Å². The van der Waals surface area contributed by atoms with Crippen LogP contribution in [-0.4, -0.2) is 34.0 Å². The molecule has 126 valence electrons. The summed E-state index contributed by atoms with van der Waals surface area (Å²) in [4.78, 5) is 11.3. The Morgan fingerprint density at radius 2 is 1.96 bits per heavy atom. The van der Waals surface area contributed by atoms with Crippen LogP contribution >= 0.6 is 11.8 Å². The molecule has 1 aromatic heterocycles. The van der Waals surface area contributed by atoms with E-state index in [9.17, 15) is 0 Å². The highest BCUT2D eigenvalue weighted by Gasteiger charge is 2.16. The standard InChI is InChI=1S/C19H23N3OS/c1-2-23-18-8-6-16(7-9-18)14-22(19-21-11-4-12-24-19)15-17-5-3-10-20-13-17/h3,5-10,13H,2,4,11-12,14-15H2,1H3. The Hall–Kier alpha value is -2.01. The highest BCUT2D eigenvalue weighted by molar-refractivity contribution is 8.13. The van der Waals surface area contributed by atoms with E-state index in [0.29, 0.717) is 6.61 Å². The molecule has 4 nitrogen and oxygen atoms in total. The van der Waals surface area contributed by atoms with Crippen LogP contribution in [0.25, 0.3) is 0 Å². The average molecular weight is 341 g/mol. The first-order valence-corrected chi connectivity index (χ1v) is 9.36. The van der Waals surface area contributed by atoms with Gasteiger partial charge in [-0.2, -0.15) is 0 Å². The van der Waals surface area contributed by atoms with Crippen molar-refractivity contribution in [2.45, 2.75) is 26.4 Å². The van der Waals surface area contributed by atoms with E-state index in [0.717, 1.165) is 42.7 Å². The monoisotopic (exact) mass is 341 g/mol. The van der Waals surface area contributed by atoms with Gasteiger partial charge < -0.3 is 9.64 Å². The smallest absolute Gasteiger partial charge is 0.159 e. The summed E-state index contributed by atoms with van der Waals surface area (Å²) in [5.41, 5.74) is 2.47. The molecule has 2 heterocycles. The Balaban J connectivity index is 1.75. The predicted molar refractivity (Wildman–Crippen MR) is 100 cm³/mol. The predicted octanol–water partition coefficient (Wildman–Crippen LogP) is 3.98. The van der Waals surface area contributed by atoms with Crippen molar-refractivity contribution in [1.82, 2.24) is 9.88 Å². The maximum absolute atomic E-state index is 5.53. The van der Waals surface area contributed by atoms with Gasteiger partial charge in [0.2, 0.25) is 0 Å². The van der Waals surface area contributed by atoms with E-state index < -0.39 is 0 Å². The number of amidine groups is 1. The summed E-state index contributed by atoms with van der Waals surface area (Å²) >= 11 is 1.85. The van der Waals surface area contributed by atoms with Crippen molar-refractivity contribution in [2.24, 2.45) is 4.99 Å². The molecule has 2 aromatic rings. The van der Waals surface area contributed by atoms with Gasteiger partial charge in [0.05, 0.1) is 6.61 Å². The summed E-state index contributed by atoms with van der Waals surface area (Å²) in [5.74, 6) is 2.07. The summed E-state index contributed by atoms with van der Waals surface area (Å²) in [7, 11) is 0. The first-order valence-electron chi connectivity index (χ1n) is 8.38. The number of nitrogens with zero attached hydrogens (tertiary/aromatic N) is 3. The molecule has 0 amide bonds. The third kappa shape index (κ3) is 4.74. The van der Waals surface area contributed by atoms with Crippen molar-refractivity contribution in [3.8, 4) is 5.75 Å². The molecular weight excluding hydrogens is 318 g/mol. The zero-order valence-electron chi connectivity index (χ0n) is 14.0. The zero-order valence-corrected chi connectivity index (χ0v) is 14.8. The molecule has 0 radical (unpaired) electrons. The van der Waals surface area contributed by atoms with E-state index in [1.807, 2.05) is 49.3 Å². The number of benzene rings is 1. The molecule has 0 unspecified atom stereocenters. The van der Waals surface area contributed by atoms with E-state index in [1.54, 1.807) is 0 Å². The summed E-state index contributed by atoms with van der Waals surface area (Å²) in [6.45, 7) is 5.29. The summed E-state index contributed by atoms with van der Waals surface area (Å²) < 4.78 is 5.53. The van der Waals surface area contributed by atoms with Gasteiger partial charge >= 0.3 is 0 Å². The minimum Gasteiger partial charge on any atom is -0.494 e. The molecule has 0 saturated heterocycles. The Bertz CT molecular complexity index is 658. The van der Waals surface area contributed by atoms with Gasteiger partial charge in [0.15, 0.2) is 5.17 Å². The SMILES string of the molecule is CCOc1ccc(CN(Cc2cccnc2)C2=NCCCS2)cc1. The number of thioether (sulfide) groups is 1. The lowest BCUT2D eigenvalue weighted by Crippen LogP contribution is -2.30. The first-order chi connectivity index (χ1) is 11.8. The van der Waals surface area contributed by atoms with Gasteiger partial charge in [-0.25, -0.2) is 0 Å². The van der Waals surface area contributed by atoms with Gasteiger partial charge in [-0.3, -0.25) is 9.98 Å². The van der Waals surface area contributed by atoms with Crippen LogP contribution in [0.1, 0.15) is 24.5 Å². The largest absolute Gasteiger partial charge is 0.494 e. The maximum Gasteiger partial charge on any atom is 0.159 e. The molecule has 5 heteroatoms. The van der Waals surface area contributed by atoms with Crippen LogP contribution in [0.3, 0.4) is 0 Å². The van der Waals surface area contributed by atoms with Crippen LogP contribution in [0, 0.1) is 0 Å². The quantitative estimate of drug-likeness (QED) is 0.797. The van der Waals surface area contributed by atoms with Crippen molar-refractivity contribution >= 4 is 16.9 Å². The fraction of sp³-hybridized carbons (Fsp3) is 0.368. The summed E-state index contributed by atoms with van der Waals surface area (Å²) in [6.07, 6.45) is 4.91. The highest BCUT2D eigenvalue weighted by Crippen LogP contribution is 2.21. The molecule has 0 N–H and O–H groups in total. The van der Waals surface area contributed by atoms with Gasteiger partial charge in [0.1, 0.15) is 5.75 Å². The molecule has 0 aliphatic carbocycles. The number of pyridine rings is 1. The highest BCUT2D eigenvalue weighted by atomic mass is 32.2. The minimum atomic E-state index is 0.694. The zero-order chi connectivity index (χ0) is 16.6. The Morgan fingerprint density at radius 1 is 1.12 bits per heavy atom. The maximum atomic E-state index is 5.53. The molecule has 0 saturated carbocycles. The third-order valence-electron chi connectivity index (χ3n) is 3.76. The van der Waals surface area contributed by atoms with Gasteiger partial charge in [-0.15, -0.1) is 0 Å². The lowest BCUT2D eigenvalue weighted by molar-refractivity contribution is 0.340. The second-order valence-electron chi connectivity index (χ2n) is 5.66. The van der Waals surface area contributed by atoms with Crippen molar-refractivity contribution in [2.75, 3.05) is 18.9 Å². The summed E-state index contributed by atoms with van der Waals surface area (Å²) in [5, 5.41) is 1.14. The number of ether oxygens (including phenoxy) is 1. The Morgan fingerprint density at radius 3 is 2.62 bits per heavy atom. The van der Waals surface area contributed by atoms with Gasteiger partial charge in [0.25, 0.3) is 0 Å². The van der Waals surface area contributed by atoms with Gasteiger partial charge in [0, 0.05) is 37.8 Å². The molecule has 1 aromatic carbocycles. The number of aromatic nitrogens is 1. The van der Waals surface area contributed by atoms with Gasteiger partial charge in [-0.1, -0.05) is 30.0 Å². The number of hydrogen-bond acceptors (Lipinski definition) is 5. The topological polar surface area (TPSA) is 37.7 Å². The van der Waals surface area contributed by atoms with E-state index >= 15 is 0 Å². The van der Waals surface area contributed by atoms with Crippen molar-refractivity contribution in [1.29, 1.82) is 0 Å². The molecule has 3 rings (SSSR count).